The molecule has 1 saturated heterocycles. The van der Waals surface area contributed by atoms with E-state index >= 15 is 0 Å². The fourth-order valence-electron chi connectivity index (χ4n) is 3.63. The molecule has 3 N–H and O–H groups in total. The second-order valence-corrected chi connectivity index (χ2v) is 8.00. The maximum atomic E-state index is 12.5. The van der Waals surface area contributed by atoms with Crippen molar-refractivity contribution in [2.45, 2.75) is 20.8 Å². The number of benzene rings is 2. The fraction of sp³-hybridized carbons (Fsp3) is 0.391. The number of carbonyl (C=O) groups excluding carboxylic acids is 1. The highest BCUT2D eigenvalue weighted by Crippen LogP contribution is 2.19. The molecule has 1 fully saturated rings. The first kappa shape index (κ1) is 22.1. The van der Waals surface area contributed by atoms with E-state index in [1.54, 1.807) is 0 Å². The predicted octanol–water partition coefficient (Wildman–Crippen LogP) is 2.24. The van der Waals surface area contributed by atoms with Crippen molar-refractivity contribution in [3.63, 3.8) is 0 Å². The summed E-state index contributed by atoms with van der Waals surface area (Å²) in [5, 5.41) is 7.10. The van der Waals surface area contributed by atoms with Crippen molar-refractivity contribution in [3.8, 4) is 5.75 Å². The largest absolute Gasteiger partial charge is 0.494 e. The van der Waals surface area contributed by atoms with Crippen LogP contribution >= 0.6 is 12.2 Å². The van der Waals surface area contributed by atoms with Crippen LogP contribution in [0, 0.1) is 13.8 Å². The van der Waals surface area contributed by atoms with Crippen molar-refractivity contribution in [2.75, 3.05) is 50.0 Å². The number of nitrogens with zero attached hydrogens (tertiary/aromatic N) is 1. The molecule has 30 heavy (non-hydrogen) atoms. The number of hydrogen-bond acceptors (Lipinski definition) is 3. The molecular formula is C23H31N4O2S+. The van der Waals surface area contributed by atoms with Crippen LogP contribution in [-0.2, 0) is 4.79 Å². The van der Waals surface area contributed by atoms with Gasteiger partial charge in [0, 0.05) is 11.4 Å². The topological polar surface area (TPSA) is 58.0 Å². The molecule has 1 aliphatic heterocycles. The Bertz CT molecular complexity index is 857. The lowest BCUT2D eigenvalue weighted by Crippen LogP contribution is -3.15. The Kier molecular flexibility index (Phi) is 7.65. The smallest absolute Gasteiger partial charge is 0.279 e. The summed E-state index contributed by atoms with van der Waals surface area (Å²) in [5.41, 5.74) is 4.07. The number of carbonyl (C=O) groups is 1. The van der Waals surface area contributed by atoms with Crippen LogP contribution < -0.4 is 20.3 Å². The van der Waals surface area contributed by atoms with Crippen LogP contribution in [0.3, 0.4) is 0 Å². The molecule has 1 aliphatic rings. The molecule has 0 unspecified atom stereocenters. The number of ether oxygens (including phenoxy) is 1. The molecule has 0 aliphatic carbocycles. The zero-order chi connectivity index (χ0) is 21.5. The molecule has 2 aromatic rings. The highest BCUT2D eigenvalue weighted by molar-refractivity contribution is 7.80. The van der Waals surface area contributed by atoms with Gasteiger partial charge >= 0.3 is 0 Å². The maximum absolute atomic E-state index is 12.5. The minimum Gasteiger partial charge on any atom is -0.494 e. The van der Waals surface area contributed by atoms with Gasteiger partial charge in [0.05, 0.1) is 32.8 Å². The third kappa shape index (κ3) is 5.93. The van der Waals surface area contributed by atoms with E-state index in [1.165, 1.54) is 4.90 Å². The van der Waals surface area contributed by atoms with Gasteiger partial charge < -0.3 is 25.2 Å². The number of piperazine rings is 1. The molecule has 3 rings (SSSR count). The lowest BCUT2D eigenvalue weighted by atomic mass is 10.1. The van der Waals surface area contributed by atoms with Crippen molar-refractivity contribution in [1.82, 2.24) is 4.90 Å². The lowest BCUT2D eigenvalue weighted by Gasteiger charge is -2.33. The van der Waals surface area contributed by atoms with Crippen LogP contribution in [0.25, 0.3) is 0 Å². The van der Waals surface area contributed by atoms with Crippen LogP contribution in [-0.4, -0.2) is 55.3 Å². The van der Waals surface area contributed by atoms with Gasteiger partial charge in [-0.15, -0.1) is 0 Å². The van der Waals surface area contributed by atoms with E-state index in [9.17, 15) is 4.79 Å². The predicted molar refractivity (Wildman–Crippen MR) is 126 cm³/mol. The highest BCUT2D eigenvalue weighted by Gasteiger charge is 2.24. The molecule has 160 valence electrons. The van der Waals surface area contributed by atoms with Gasteiger partial charge in [-0.05, 0) is 68.4 Å². The van der Waals surface area contributed by atoms with Crippen LogP contribution in [0.15, 0.2) is 42.5 Å². The van der Waals surface area contributed by atoms with Crippen LogP contribution in [0.2, 0.25) is 0 Å². The number of aryl methyl sites for hydroxylation is 2. The summed E-state index contributed by atoms with van der Waals surface area (Å²) in [6.07, 6.45) is 0. The molecule has 1 heterocycles. The van der Waals surface area contributed by atoms with Gasteiger partial charge in [-0.1, -0.05) is 18.2 Å². The SMILES string of the molecule is CCOc1ccc(NC(=S)N2CC[NH+](CC(=O)Nc3c(C)cccc3C)CC2)cc1. The van der Waals surface area contributed by atoms with Crippen molar-refractivity contribution in [3.05, 3.63) is 53.6 Å². The van der Waals surface area contributed by atoms with E-state index in [4.69, 9.17) is 17.0 Å². The van der Waals surface area contributed by atoms with E-state index < -0.39 is 0 Å². The normalized spacial score (nSPS) is 14.3. The Labute approximate surface area is 184 Å². The molecule has 1 amide bonds. The van der Waals surface area contributed by atoms with E-state index in [2.05, 4.69) is 15.5 Å². The highest BCUT2D eigenvalue weighted by atomic mass is 32.1. The third-order valence-corrected chi connectivity index (χ3v) is 5.69. The van der Waals surface area contributed by atoms with Gasteiger partial charge in [0.25, 0.3) is 5.91 Å². The Morgan fingerprint density at radius 1 is 1.07 bits per heavy atom. The van der Waals surface area contributed by atoms with Gasteiger partial charge in [-0.2, -0.15) is 0 Å². The summed E-state index contributed by atoms with van der Waals surface area (Å²) < 4.78 is 5.47. The van der Waals surface area contributed by atoms with Crippen LogP contribution in [0.4, 0.5) is 11.4 Å². The number of nitrogens with one attached hydrogen (secondary N) is 3. The zero-order valence-corrected chi connectivity index (χ0v) is 18.8. The summed E-state index contributed by atoms with van der Waals surface area (Å²) in [7, 11) is 0. The Morgan fingerprint density at radius 3 is 2.30 bits per heavy atom. The Hall–Kier alpha value is -2.64. The summed E-state index contributed by atoms with van der Waals surface area (Å²) >= 11 is 5.58. The van der Waals surface area contributed by atoms with E-state index in [0.29, 0.717) is 13.2 Å². The summed E-state index contributed by atoms with van der Waals surface area (Å²) in [6.45, 7) is 10.6. The quantitative estimate of drug-likeness (QED) is 0.618. The molecule has 7 heteroatoms. The molecule has 6 nitrogen and oxygen atoms in total. The van der Waals surface area contributed by atoms with Crippen LogP contribution in [0.5, 0.6) is 5.75 Å². The van der Waals surface area contributed by atoms with Gasteiger partial charge in [0.2, 0.25) is 0 Å². The Balaban J connectivity index is 1.45. The molecule has 0 saturated carbocycles. The van der Waals surface area contributed by atoms with Crippen molar-refractivity contribution in [1.29, 1.82) is 0 Å². The first-order valence-electron chi connectivity index (χ1n) is 10.4. The number of hydrogen-bond donors (Lipinski definition) is 3. The standard InChI is InChI=1S/C23H30N4O2S/c1-4-29-20-10-8-19(9-11-20)24-23(30)27-14-12-26(13-15-27)16-21(28)25-22-17(2)6-5-7-18(22)3/h5-11H,4,12-16H2,1-3H3,(H,24,30)(H,25,28)/p+1. The second kappa shape index (κ2) is 10.4. The molecule has 0 radical (unpaired) electrons. The first-order valence-corrected chi connectivity index (χ1v) is 10.9. The van der Waals surface area contributed by atoms with Gasteiger partial charge in [0.1, 0.15) is 5.75 Å². The second-order valence-electron chi connectivity index (χ2n) is 7.62. The van der Waals surface area contributed by atoms with Crippen LogP contribution in [0.1, 0.15) is 18.1 Å². The lowest BCUT2D eigenvalue weighted by molar-refractivity contribution is -0.895. The average Bonchev–Trinajstić information content (AvgIpc) is 2.73. The summed E-state index contributed by atoms with van der Waals surface area (Å²) in [5.74, 6) is 0.913. The fourth-order valence-corrected chi connectivity index (χ4v) is 3.93. The molecule has 0 atom stereocenters. The molecular weight excluding hydrogens is 396 g/mol. The van der Waals surface area contributed by atoms with Gasteiger partial charge in [0.15, 0.2) is 11.7 Å². The third-order valence-electron chi connectivity index (χ3n) is 5.33. The minimum atomic E-state index is 0.0611. The summed E-state index contributed by atoms with van der Waals surface area (Å²) in [6, 6.07) is 13.9. The zero-order valence-electron chi connectivity index (χ0n) is 18.0. The number of anilines is 2. The number of thiocarbonyl (C=S) groups is 1. The monoisotopic (exact) mass is 427 g/mol. The number of quaternary nitrogens is 1. The molecule has 2 aromatic carbocycles. The van der Waals surface area contributed by atoms with Crippen molar-refractivity contribution < 1.29 is 14.4 Å². The molecule has 0 bridgehead atoms. The van der Waals surface area contributed by atoms with E-state index in [0.717, 1.165) is 59.5 Å². The molecule has 0 aromatic heterocycles. The number of para-hydroxylation sites is 1. The maximum Gasteiger partial charge on any atom is 0.279 e. The van der Waals surface area contributed by atoms with Crippen molar-refractivity contribution in [2.24, 2.45) is 0 Å². The Morgan fingerprint density at radius 2 is 1.70 bits per heavy atom. The van der Waals surface area contributed by atoms with Crippen molar-refractivity contribution >= 4 is 34.6 Å². The number of rotatable bonds is 6. The minimum absolute atomic E-state index is 0.0611. The number of amides is 1. The summed E-state index contributed by atoms with van der Waals surface area (Å²) in [4.78, 5) is 16.0. The van der Waals surface area contributed by atoms with Gasteiger partial charge in [-0.25, -0.2) is 0 Å². The van der Waals surface area contributed by atoms with Gasteiger partial charge in [-0.3, -0.25) is 4.79 Å². The van der Waals surface area contributed by atoms with E-state index in [-0.39, 0.29) is 5.91 Å². The molecule has 0 spiro atoms. The van der Waals surface area contributed by atoms with E-state index in [1.807, 2.05) is 63.2 Å². The first-order chi connectivity index (χ1) is 14.5. The average molecular weight is 428 g/mol.